The van der Waals surface area contributed by atoms with E-state index in [-0.39, 0.29) is 5.56 Å². The quantitative estimate of drug-likeness (QED) is 0.890. The fourth-order valence-electron chi connectivity index (χ4n) is 2.40. The highest BCUT2D eigenvalue weighted by Gasteiger charge is 2.18. The van der Waals surface area contributed by atoms with Crippen molar-refractivity contribution in [3.8, 4) is 5.75 Å². The van der Waals surface area contributed by atoms with Gasteiger partial charge < -0.3 is 15.1 Å². The first-order valence-electron chi connectivity index (χ1n) is 6.01. The van der Waals surface area contributed by atoms with E-state index in [0.717, 1.165) is 18.8 Å². The highest BCUT2D eigenvalue weighted by atomic mass is 16.4. The standard InChI is InChI=1S/C15H13NO3/c17-14-7-12(5-6-13(14)15(18)19)16-8-10-3-1-2-4-11(10)9-16/h1-7,17H,8-9H2,(H,18,19)/p-1. The van der Waals surface area contributed by atoms with Crippen molar-refractivity contribution in [2.24, 2.45) is 0 Å². The molecule has 19 heavy (non-hydrogen) atoms. The first-order chi connectivity index (χ1) is 9.15. The number of carboxylic acids is 1. The summed E-state index contributed by atoms with van der Waals surface area (Å²) in [6.45, 7) is 1.50. The van der Waals surface area contributed by atoms with Crippen molar-refractivity contribution in [3.63, 3.8) is 0 Å². The van der Waals surface area contributed by atoms with E-state index >= 15 is 0 Å². The van der Waals surface area contributed by atoms with Gasteiger partial charge in [0.05, 0.1) is 5.56 Å². The SMILES string of the molecule is O=C(O)c1ccc(N2Cc3ccccc3C2)cc1[O-]. The normalized spacial score (nSPS) is 13.4. The van der Waals surface area contributed by atoms with Gasteiger partial charge in [-0.15, -0.1) is 0 Å². The van der Waals surface area contributed by atoms with E-state index in [1.807, 2.05) is 12.1 Å². The summed E-state index contributed by atoms with van der Waals surface area (Å²) in [5, 5.41) is 20.6. The summed E-state index contributed by atoms with van der Waals surface area (Å²) in [5.41, 5.74) is 3.08. The number of nitrogens with zero attached hydrogens (tertiary/aromatic N) is 1. The van der Waals surface area contributed by atoms with Gasteiger partial charge in [-0.2, -0.15) is 0 Å². The van der Waals surface area contributed by atoms with Crippen molar-refractivity contribution < 1.29 is 15.0 Å². The summed E-state index contributed by atoms with van der Waals surface area (Å²) in [5.74, 6) is -1.62. The van der Waals surface area contributed by atoms with Gasteiger partial charge in [0.1, 0.15) is 0 Å². The average molecular weight is 254 g/mol. The molecule has 0 bridgehead atoms. The highest BCUT2D eigenvalue weighted by Crippen LogP contribution is 2.30. The summed E-state index contributed by atoms with van der Waals surface area (Å²) in [6, 6.07) is 12.6. The minimum absolute atomic E-state index is 0.180. The summed E-state index contributed by atoms with van der Waals surface area (Å²) in [7, 11) is 0. The molecule has 3 rings (SSSR count). The molecule has 0 aromatic heterocycles. The van der Waals surface area contributed by atoms with Crippen molar-refractivity contribution in [2.45, 2.75) is 13.1 Å². The molecule has 4 heteroatoms. The van der Waals surface area contributed by atoms with Crippen molar-refractivity contribution in [1.29, 1.82) is 0 Å². The molecule has 1 N–H and O–H groups in total. The molecule has 0 spiro atoms. The molecule has 1 aliphatic heterocycles. The number of carbonyl (C=O) groups is 1. The van der Waals surface area contributed by atoms with Crippen LogP contribution in [0.3, 0.4) is 0 Å². The van der Waals surface area contributed by atoms with Crippen LogP contribution < -0.4 is 10.0 Å². The van der Waals surface area contributed by atoms with E-state index in [4.69, 9.17) is 5.11 Å². The van der Waals surface area contributed by atoms with Gasteiger partial charge in [0.15, 0.2) is 0 Å². The number of carboxylic acid groups (broad SMARTS) is 1. The molecule has 0 aliphatic carbocycles. The lowest BCUT2D eigenvalue weighted by molar-refractivity contribution is -0.268. The summed E-state index contributed by atoms with van der Waals surface area (Å²) in [4.78, 5) is 12.9. The number of hydrogen-bond acceptors (Lipinski definition) is 3. The van der Waals surface area contributed by atoms with Crippen molar-refractivity contribution >= 4 is 11.7 Å². The maximum absolute atomic E-state index is 11.7. The predicted octanol–water partition coefficient (Wildman–Crippen LogP) is 1.98. The first kappa shape index (κ1) is 11.6. The summed E-state index contributed by atoms with van der Waals surface area (Å²) >= 11 is 0. The van der Waals surface area contributed by atoms with Gasteiger partial charge in [0.2, 0.25) is 0 Å². The van der Waals surface area contributed by atoms with Crippen LogP contribution in [-0.2, 0) is 13.1 Å². The van der Waals surface area contributed by atoms with Crippen molar-refractivity contribution in [3.05, 3.63) is 59.2 Å². The predicted molar refractivity (Wildman–Crippen MR) is 69.2 cm³/mol. The zero-order chi connectivity index (χ0) is 13.4. The smallest absolute Gasteiger partial charge is 0.335 e. The van der Waals surface area contributed by atoms with Crippen LogP contribution in [-0.4, -0.2) is 11.1 Å². The second kappa shape index (κ2) is 4.31. The first-order valence-corrected chi connectivity index (χ1v) is 6.01. The fraction of sp³-hybridized carbons (Fsp3) is 0.133. The van der Waals surface area contributed by atoms with Crippen LogP contribution in [0.1, 0.15) is 21.5 Å². The molecular weight excluding hydrogens is 242 g/mol. The number of fused-ring (bicyclic) bond motifs is 1. The van der Waals surface area contributed by atoms with Gasteiger partial charge in [-0.25, -0.2) is 4.79 Å². The summed E-state index contributed by atoms with van der Waals surface area (Å²) < 4.78 is 0. The zero-order valence-corrected chi connectivity index (χ0v) is 10.2. The molecule has 1 aliphatic rings. The minimum Gasteiger partial charge on any atom is -0.872 e. The Balaban J connectivity index is 1.90. The Bertz CT molecular complexity index is 627. The second-order valence-corrected chi connectivity index (χ2v) is 4.61. The third kappa shape index (κ3) is 2.01. The molecule has 0 saturated carbocycles. The van der Waals surface area contributed by atoms with Gasteiger partial charge >= 0.3 is 5.97 Å². The topological polar surface area (TPSA) is 63.6 Å². The van der Waals surface area contributed by atoms with Crippen LogP contribution >= 0.6 is 0 Å². The van der Waals surface area contributed by atoms with E-state index in [9.17, 15) is 9.90 Å². The maximum atomic E-state index is 11.7. The lowest BCUT2D eigenvalue weighted by Gasteiger charge is -2.21. The molecule has 0 radical (unpaired) electrons. The van der Waals surface area contributed by atoms with Crippen LogP contribution in [0.5, 0.6) is 5.75 Å². The third-order valence-electron chi connectivity index (χ3n) is 3.40. The number of benzene rings is 2. The molecule has 2 aromatic carbocycles. The molecule has 0 fully saturated rings. The van der Waals surface area contributed by atoms with Crippen LogP contribution in [0.4, 0.5) is 5.69 Å². The van der Waals surface area contributed by atoms with Crippen LogP contribution in [0, 0.1) is 0 Å². The maximum Gasteiger partial charge on any atom is 0.335 e. The van der Waals surface area contributed by atoms with Crippen LogP contribution in [0.2, 0.25) is 0 Å². The van der Waals surface area contributed by atoms with E-state index in [2.05, 4.69) is 17.0 Å². The Morgan fingerprint density at radius 3 is 2.26 bits per heavy atom. The van der Waals surface area contributed by atoms with Crippen LogP contribution in [0.15, 0.2) is 42.5 Å². The fourth-order valence-corrected chi connectivity index (χ4v) is 2.40. The monoisotopic (exact) mass is 254 g/mol. The number of aromatic carboxylic acids is 1. The van der Waals surface area contributed by atoms with Gasteiger partial charge in [0, 0.05) is 18.8 Å². The number of hydrogen-bond donors (Lipinski definition) is 1. The average Bonchev–Trinajstić information content (AvgIpc) is 2.81. The Kier molecular flexibility index (Phi) is 2.63. The van der Waals surface area contributed by atoms with Gasteiger partial charge in [-0.05, 0) is 29.3 Å². The Hall–Kier alpha value is -2.49. The molecule has 1 heterocycles. The molecule has 2 aromatic rings. The van der Waals surface area contributed by atoms with Gasteiger partial charge in [-0.3, -0.25) is 0 Å². The molecule has 0 atom stereocenters. The zero-order valence-electron chi connectivity index (χ0n) is 10.2. The van der Waals surface area contributed by atoms with Crippen molar-refractivity contribution in [1.82, 2.24) is 0 Å². The van der Waals surface area contributed by atoms with Gasteiger partial charge in [0.25, 0.3) is 0 Å². The van der Waals surface area contributed by atoms with E-state index in [0.29, 0.717) is 0 Å². The lowest BCUT2D eigenvalue weighted by atomic mass is 10.1. The molecule has 96 valence electrons. The molecule has 0 saturated heterocycles. The van der Waals surface area contributed by atoms with E-state index in [1.165, 1.54) is 23.3 Å². The molecule has 0 unspecified atom stereocenters. The number of anilines is 1. The molecular formula is C15H12NO3-. The van der Waals surface area contributed by atoms with Gasteiger partial charge in [-0.1, -0.05) is 30.0 Å². The summed E-state index contributed by atoms with van der Waals surface area (Å²) in [6.07, 6.45) is 0. The van der Waals surface area contributed by atoms with Crippen molar-refractivity contribution in [2.75, 3.05) is 4.90 Å². The van der Waals surface area contributed by atoms with E-state index in [1.54, 1.807) is 6.07 Å². The third-order valence-corrected chi connectivity index (χ3v) is 3.40. The highest BCUT2D eigenvalue weighted by molar-refractivity contribution is 5.91. The molecule has 0 amide bonds. The Morgan fingerprint density at radius 2 is 1.74 bits per heavy atom. The largest absolute Gasteiger partial charge is 0.872 e. The molecule has 4 nitrogen and oxygen atoms in total. The number of rotatable bonds is 2. The Labute approximate surface area is 110 Å². The van der Waals surface area contributed by atoms with Crippen LogP contribution in [0.25, 0.3) is 0 Å². The minimum atomic E-state index is -1.18. The van der Waals surface area contributed by atoms with E-state index < -0.39 is 11.7 Å². The second-order valence-electron chi connectivity index (χ2n) is 4.61. The Morgan fingerprint density at radius 1 is 1.11 bits per heavy atom. The lowest BCUT2D eigenvalue weighted by Crippen LogP contribution is -2.15.